The van der Waals surface area contributed by atoms with Gasteiger partial charge in [-0.3, -0.25) is 5.43 Å². The molecule has 0 heterocycles. The molecule has 0 aliphatic rings. The normalized spacial score (nSPS) is 11.2. The highest BCUT2D eigenvalue weighted by atomic mass is 35.5. The fourth-order valence-electron chi connectivity index (χ4n) is 1.42. The lowest BCUT2D eigenvalue weighted by atomic mass is 10.2. The lowest BCUT2D eigenvalue weighted by molar-refractivity contribution is 1.36. The van der Waals surface area contributed by atoms with E-state index >= 15 is 0 Å². The highest BCUT2D eigenvalue weighted by Crippen LogP contribution is 2.19. The van der Waals surface area contributed by atoms with Crippen LogP contribution in [-0.2, 0) is 0 Å². The first-order valence-corrected chi connectivity index (χ1v) is 5.99. The number of benzene rings is 2. The Bertz CT molecular complexity index is 547. The second-order valence-electron chi connectivity index (χ2n) is 3.64. The monoisotopic (exact) mass is 256 g/mol. The number of hydrogen-bond donors (Lipinski definition) is 1. The van der Waals surface area contributed by atoms with Crippen molar-refractivity contribution in [2.45, 2.75) is 0 Å². The second kappa shape index (κ2) is 6.62. The molecule has 18 heavy (non-hydrogen) atoms. The molecule has 0 unspecified atom stereocenters. The Morgan fingerprint density at radius 1 is 0.944 bits per heavy atom. The molecule has 90 valence electrons. The molecule has 2 rings (SSSR count). The van der Waals surface area contributed by atoms with Crippen LogP contribution in [0, 0.1) is 0 Å². The zero-order valence-electron chi connectivity index (χ0n) is 9.75. The van der Waals surface area contributed by atoms with E-state index in [1.165, 1.54) is 0 Å². The van der Waals surface area contributed by atoms with Gasteiger partial charge in [0.1, 0.15) is 0 Å². The number of hydrogen-bond acceptors (Lipinski definition) is 2. The van der Waals surface area contributed by atoms with Crippen LogP contribution in [0.2, 0.25) is 5.02 Å². The summed E-state index contributed by atoms with van der Waals surface area (Å²) >= 11 is 5.98. The van der Waals surface area contributed by atoms with Gasteiger partial charge < -0.3 is 0 Å². The van der Waals surface area contributed by atoms with Crippen molar-refractivity contribution in [2.24, 2.45) is 5.10 Å². The Labute approximate surface area is 112 Å². The topological polar surface area (TPSA) is 24.4 Å². The molecule has 0 aromatic heterocycles. The van der Waals surface area contributed by atoms with Gasteiger partial charge in [0, 0.05) is 6.21 Å². The van der Waals surface area contributed by atoms with Crippen molar-refractivity contribution in [1.82, 2.24) is 0 Å². The highest BCUT2D eigenvalue weighted by molar-refractivity contribution is 6.33. The standard InChI is InChI=1S/C15H13ClN2/c16-14-10-4-5-11-15(14)18-17-12-6-9-13-7-2-1-3-8-13/h1-12,18H/b9-6+,17-12-. The smallest absolute Gasteiger partial charge is 0.0748 e. The molecule has 0 aliphatic carbocycles. The molecule has 2 nitrogen and oxygen atoms in total. The molecule has 1 N–H and O–H groups in total. The van der Waals surface area contributed by atoms with Crippen LogP contribution in [0.5, 0.6) is 0 Å². The summed E-state index contributed by atoms with van der Waals surface area (Å²) in [5, 5.41) is 4.73. The first kappa shape index (κ1) is 12.4. The van der Waals surface area contributed by atoms with Crippen molar-refractivity contribution in [3.05, 3.63) is 71.3 Å². The SMILES string of the molecule is Clc1ccccc1N/N=C\C=C\c1ccccc1. The number of para-hydroxylation sites is 1. The number of rotatable bonds is 4. The Kier molecular flexibility index (Phi) is 4.56. The first-order valence-electron chi connectivity index (χ1n) is 5.61. The third-order valence-electron chi connectivity index (χ3n) is 2.31. The first-order chi connectivity index (χ1) is 8.86. The van der Waals surface area contributed by atoms with Crippen LogP contribution in [0.15, 0.2) is 65.8 Å². The van der Waals surface area contributed by atoms with Crippen LogP contribution in [0.4, 0.5) is 5.69 Å². The third-order valence-corrected chi connectivity index (χ3v) is 2.64. The summed E-state index contributed by atoms with van der Waals surface area (Å²) in [6, 6.07) is 17.5. The van der Waals surface area contributed by atoms with Crippen molar-refractivity contribution in [3.63, 3.8) is 0 Å². The lowest BCUT2D eigenvalue weighted by Crippen LogP contribution is -1.88. The van der Waals surface area contributed by atoms with Gasteiger partial charge in [0.2, 0.25) is 0 Å². The van der Waals surface area contributed by atoms with E-state index in [4.69, 9.17) is 11.6 Å². The minimum Gasteiger partial charge on any atom is -0.277 e. The summed E-state index contributed by atoms with van der Waals surface area (Å²) < 4.78 is 0. The highest BCUT2D eigenvalue weighted by Gasteiger charge is 1.93. The number of anilines is 1. The number of nitrogens with zero attached hydrogens (tertiary/aromatic N) is 1. The zero-order chi connectivity index (χ0) is 12.6. The maximum atomic E-state index is 5.98. The molecule has 0 bridgehead atoms. The summed E-state index contributed by atoms with van der Waals surface area (Å²) in [6.45, 7) is 0. The van der Waals surface area contributed by atoms with Crippen LogP contribution < -0.4 is 5.43 Å². The molecular formula is C15H13ClN2. The number of allylic oxidation sites excluding steroid dienone is 1. The minimum atomic E-state index is 0.654. The van der Waals surface area contributed by atoms with E-state index in [1.807, 2.05) is 66.7 Å². The molecule has 3 heteroatoms. The van der Waals surface area contributed by atoms with Crippen LogP contribution >= 0.6 is 11.6 Å². The molecule has 0 amide bonds. The summed E-state index contributed by atoms with van der Waals surface area (Å²) in [6.07, 6.45) is 5.55. The lowest BCUT2D eigenvalue weighted by Gasteiger charge is -2.00. The van der Waals surface area contributed by atoms with E-state index in [2.05, 4.69) is 10.5 Å². The molecule has 2 aromatic carbocycles. The summed E-state index contributed by atoms with van der Waals surface area (Å²) in [5.41, 5.74) is 4.82. The molecule has 0 saturated heterocycles. The Hall–Kier alpha value is -2.06. The molecule has 0 spiro atoms. The average Bonchev–Trinajstić information content (AvgIpc) is 2.42. The van der Waals surface area contributed by atoms with Crippen LogP contribution in [-0.4, -0.2) is 6.21 Å². The Morgan fingerprint density at radius 2 is 1.67 bits per heavy atom. The molecule has 0 fully saturated rings. The van der Waals surface area contributed by atoms with E-state index in [9.17, 15) is 0 Å². The second-order valence-corrected chi connectivity index (χ2v) is 4.05. The van der Waals surface area contributed by atoms with Crippen molar-refractivity contribution >= 4 is 29.6 Å². The zero-order valence-corrected chi connectivity index (χ0v) is 10.5. The predicted molar refractivity (Wildman–Crippen MR) is 79.0 cm³/mol. The summed E-state index contributed by atoms with van der Waals surface area (Å²) in [4.78, 5) is 0. The quantitative estimate of drug-likeness (QED) is 0.634. The van der Waals surface area contributed by atoms with Gasteiger partial charge in [0.15, 0.2) is 0 Å². The Morgan fingerprint density at radius 3 is 2.44 bits per heavy atom. The third kappa shape index (κ3) is 3.75. The van der Waals surface area contributed by atoms with Gasteiger partial charge in [0.25, 0.3) is 0 Å². The number of hydrazone groups is 1. The molecule has 0 radical (unpaired) electrons. The van der Waals surface area contributed by atoms with E-state index < -0.39 is 0 Å². The predicted octanol–water partition coefficient (Wildman–Crippen LogP) is 4.45. The summed E-state index contributed by atoms with van der Waals surface area (Å²) in [7, 11) is 0. The van der Waals surface area contributed by atoms with Crippen molar-refractivity contribution in [1.29, 1.82) is 0 Å². The van der Waals surface area contributed by atoms with Gasteiger partial charge in [-0.05, 0) is 23.8 Å². The largest absolute Gasteiger partial charge is 0.277 e. The average molecular weight is 257 g/mol. The number of halogens is 1. The Balaban J connectivity index is 1.90. The molecule has 0 aliphatic heterocycles. The summed E-state index contributed by atoms with van der Waals surface area (Å²) in [5.74, 6) is 0. The van der Waals surface area contributed by atoms with E-state index in [0.717, 1.165) is 11.3 Å². The van der Waals surface area contributed by atoms with Gasteiger partial charge in [-0.15, -0.1) is 0 Å². The van der Waals surface area contributed by atoms with Crippen LogP contribution in [0.25, 0.3) is 6.08 Å². The van der Waals surface area contributed by atoms with Crippen molar-refractivity contribution < 1.29 is 0 Å². The van der Waals surface area contributed by atoms with Gasteiger partial charge in [-0.1, -0.05) is 60.1 Å². The van der Waals surface area contributed by atoms with Gasteiger partial charge >= 0.3 is 0 Å². The molecule has 0 atom stereocenters. The van der Waals surface area contributed by atoms with Crippen molar-refractivity contribution in [3.8, 4) is 0 Å². The van der Waals surface area contributed by atoms with Gasteiger partial charge in [0.05, 0.1) is 10.7 Å². The fourth-order valence-corrected chi connectivity index (χ4v) is 1.60. The van der Waals surface area contributed by atoms with Gasteiger partial charge in [-0.25, -0.2) is 0 Å². The molecular weight excluding hydrogens is 244 g/mol. The molecule has 0 saturated carbocycles. The van der Waals surface area contributed by atoms with Crippen molar-refractivity contribution in [2.75, 3.05) is 5.43 Å². The molecule has 2 aromatic rings. The number of nitrogens with one attached hydrogen (secondary N) is 1. The van der Waals surface area contributed by atoms with E-state index in [0.29, 0.717) is 5.02 Å². The van der Waals surface area contributed by atoms with Crippen LogP contribution in [0.1, 0.15) is 5.56 Å². The maximum absolute atomic E-state index is 5.98. The minimum absolute atomic E-state index is 0.654. The van der Waals surface area contributed by atoms with Gasteiger partial charge in [-0.2, -0.15) is 5.10 Å². The van der Waals surface area contributed by atoms with Crippen LogP contribution in [0.3, 0.4) is 0 Å². The van der Waals surface area contributed by atoms with E-state index in [1.54, 1.807) is 6.21 Å². The van der Waals surface area contributed by atoms with E-state index in [-0.39, 0.29) is 0 Å². The maximum Gasteiger partial charge on any atom is 0.0748 e. The fraction of sp³-hybridized carbons (Fsp3) is 0.